The van der Waals surface area contributed by atoms with Gasteiger partial charge >= 0.3 is 39.5 Å². The van der Waals surface area contributed by atoms with Crippen molar-refractivity contribution < 1.29 is 80.2 Å². The van der Waals surface area contributed by atoms with Crippen molar-refractivity contribution in [2.24, 2.45) is 0 Å². The van der Waals surface area contributed by atoms with Crippen LogP contribution in [0.15, 0.2) is 0 Å². The predicted molar refractivity (Wildman–Crippen MR) is 345 cm³/mol. The Hall–Kier alpha value is -1.94. The number of carbonyl (C=O) groups is 4. The normalized spacial score (nSPS) is 14.1. The Kier molecular flexibility index (Phi) is 60.5. The van der Waals surface area contributed by atoms with Gasteiger partial charge in [-0.1, -0.05) is 297 Å². The van der Waals surface area contributed by atoms with Crippen LogP contribution in [0.1, 0.15) is 349 Å². The number of ether oxygens (including phenoxy) is 4. The monoisotopic (exact) mass is 1270 g/mol. The molecule has 0 saturated carbocycles. The maximum Gasteiger partial charge on any atom is 0.472 e. The molecule has 0 saturated heterocycles. The smallest absolute Gasteiger partial charge is 0.462 e. The highest BCUT2D eigenvalue weighted by Crippen LogP contribution is 2.45. The summed E-state index contributed by atoms with van der Waals surface area (Å²) < 4.78 is 67.9. The molecule has 0 bridgehead atoms. The molecule has 19 heteroatoms. The van der Waals surface area contributed by atoms with Crippen molar-refractivity contribution in [1.82, 2.24) is 0 Å². The van der Waals surface area contributed by atoms with E-state index in [0.29, 0.717) is 25.7 Å². The van der Waals surface area contributed by atoms with Crippen molar-refractivity contribution in [2.75, 3.05) is 39.6 Å². The van der Waals surface area contributed by atoms with Crippen LogP contribution in [0.2, 0.25) is 0 Å². The number of carbonyl (C=O) groups excluding carboxylic acids is 4. The van der Waals surface area contributed by atoms with Crippen LogP contribution in [0.25, 0.3) is 0 Å². The summed E-state index contributed by atoms with van der Waals surface area (Å²) in [6, 6.07) is 0. The van der Waals surface area contributed by atoms with Gasteiger partial charge in [-0.25, -0.2) is 9.13 Å². The van der Waals surface area contributed by atoms with E-state index in [2.05, 4.69) is 27.7 Å². The Morgan fingerprint density at radius 1 is 0.279 bits per heavy atom. The van der Waals surface area contributed by atoms with Crippen LogP contribution in [-0.4, -0.2) is 96.7 Å². The van der Waals surface area contributed by atoms with Gasteiger partial charge in [0.15, 0.2) is 12.2 Å². The zero-order valence-electron chi connectivity index (χ0n) is 55.3. The molecule has 0 aliphatic rings. The minimum Gasteiger partial charge on any atom is -0.462 e. The molecular formula is C67H130O17P2. The van der Waals surface area contributed by atoms with Crippen molar-refractivity contribution in [3.05, 3.63) is 0 Å². The van der Waals surface area contributed by atoms with Gasteiger partial charge < -0.3 is 33.8 Å². The third-order valence-electron chi connectivity index (χ3n) is 15.6. The molecule has 86 heavy (non-hydrogen) atoms. The van der Waals surface area contributed by atoms with Crippen molar-refractivity contribution >= 4 is 39.5 Å². The lowest BCUT2D eigenvalue weighted by Crippen LogP contribution is -2.30. The lowest BCUT2D eigenvalue weighted by molar-refractivity contribution is -0.161. The van der Waals surface area contributed by atoms with E-state index >= 15 is 0 Å². The van der Waals surface area contributed by atoms with E-state index in [4.69, 9.17) is 37.0 Å². The maximum atomic E-state index is 13.0. The quantitative estimate of drug-likeness (QED) is 0.0222. The minimum absolute atomic E-state index is 0.105. The molecule has 510 valence electrons. The van der Waals surface area contributed by atoms with Crippen molar-refractivity contribution in [3.63, 3.8) is 0 Å². The number of phosphoric ester groups is 2. The van der Waals surface area contributed by atoms with Gasteiger partial charge in [0.25, 0.3) is 0 Å². The lowest BCUT2D eigenvalue weighted by atomic mass is 10.0. The van der Waals surface area contributed by atoms with Gasteiger partial charge in [0.05, 0.1) is 26.4 Å². The summed E-state index contributed by atoms with van der Waals surface area (Å²) >= 11 is 0. The lowest BCUT2D eigenvalue weighted by Gasteiger charge is -2.21. The standard InChI is InChI=1S/C67H130O17P2/c1-5-9-13-17-21-25-26-27-28-29-30-31-32-33-34-35-36-37-38-42-46-50-54-67(72)84-63(58-78-65(70)52-48-44-40-23-19-15-11-7-3)60-82-86(75,76)80-56-61(68)55-79-85(73,74)81-59-62(83-66(71)53-49-45-41-24-20-16-12-8-4)57-77-64(69)51-47-43-39-22-18-14-10-6-2/h61-63,68H,5-60H2,1-4H3,(H,73,74)(H,75,76)/t61-,62+,63+/m0/s1. The third kappa shape index (κ3) is 60.9. The summed E-state index contributed by atoms with van der Waals surface area (Å²) in [5.41, 5.74) is 0. The fraction of sp³-hybridized carbons (Fsp3) is 0.940. The molecule has 0 radical (unpaired) electrons. The van der Waals surface area contributed by atoms with Gasteiger partial charge in [-0.05, 0) is 25.7 Å². The van der Waals surface area contributed by atoms with Gasteiger partial charge in [-0.3, -0.25) is 37.3 Å². The number of unbranched alkanes of at least 4 members (excludes halogenated alkanes) is 42. The van der Waals surface area contributed by atoms with Gasteiger partial charge in [0, 0.05) is 25.7 Å². The first-order chi connectivity index (χ1) is 41.7. The molecule has 0 aliphatic carbocycles. The second-order valence-electron chi connectivity index (χ2n) is 24.2. The van der Waals surface area contributed by atoms with Crippen molar-refractivity contribution in [3.8, 4) is 0 Å². The predicted octanol–water partition coefficient (Wildman–Crippen LogP) is 19.1. The fourth-order valence-corrected chi connectivity index (χ4v) is 11.7. The van der Waals surface area contributed by atoms with Gasteiger partial charge in [0.2, 0.25) is 0 Å². The molecule has 3 N–H and O–H groups in total. The zero-order valence-corrected chi connectivity index (χ0v) is 57.1. The third-order valence-corrected chi connectivity index (χ3v) is 17.5. The Morgan fingerprint density at radius 2 is 0.465 bits per heavy atom. The SMILES string of the molecule is CCCCCCCCCCCCCCCCCCCCCCCCC(=O)O[C@H](COC(=O)CCCCCCCCCC)COP(=O)(O)OC[C@@H](O)COP(=O)(O)OC[C@@H](COC(=O)CCCCCCCCCC)OC(=O)CCCCCCCCCC. The summed E-state index contributed by atoms with van der Waals surface area (Å²) in [4.78, 5) is 72.0. The Morgan fingerprint density at radius 3 is 0.686 bits per heavy atom. The van der Waals surface area contributed by atoms with Crippen LogP contribution in [0.3, 0.4) is 0 Å². The topological polar surface area (TPSA) is 237 Å². The van der Waals surface area contributed by atoms with Gasteiger partial charge in [-0.15, -0.1) is 0 Å². The molecule has 0 aromatic carbocycles. The van der Waals surface area contributed by atoms with Crippen molar-refractivity contribution in [2.45, 2.75) is 367 Å². The number of hydrogen-bond acceptors (Lipinski definition) is 15. The van der Waals surface area contributed by atoms with Crippen LogP contribution < -0.4 is 0 Å². The summed E-state index contributed by atoms with van der Waals surface area (Å²) in [6.45, 7) is 4.83. The zero-order chi connectivity index (χ0) is 63.3. The number of rotatable bonds is 68. The molecule has 2 unspecified atom stereocenters. The average Bonchev–Trinajstić information content (AvgIpc) is 3.55. The van der Waals surface area contributed by atoms with Crippen LogP contribution in [-0.2, 0) is 65.4 Å². The van der Waals surface area contributed by atoms with E-state index in [1.54, 1.807) is 0 Å². The highest BCUT2D eigenvalue weighted by atomic mass is 31.2. The number of hydrogen-bond donors (Lipinski definition) is 3. The van der Waals surface area contributed by atoms with E-state index in [9.17, 15) is 43.2 Å². The van der Waals surface area contributed by atoms with E-state index in [0.717, 1.165) is 103 Å². The number of aliphatic hydroxyl groups is 1. The van der Waals surface area contributed by atoms with Crippen LogP contribution in [0.4, 0.5) is 0 Å². The fourth-order valence-electron chi connectivity index (χ4n) is 10.2. The Labute approximate surface area is 524 Å². The van der Waals surface area contributed by atoms with E-state index in [1.165, 1.54) is 167 Å². The molecular weight excluding hydrogens is 1140 g/mol. The largest absolute Gasteiger partial charge is 0.472 e. The van der Waals surface area contributed by atoms with Gasteiger partial charge in [0.1, 0.15) is 19.3 Å². The van der Waals surface area contributed by atoms with Crippen LogP contribution in [0, 0.1) is 0 Å². The summed E-state index contributed by atoms with van der Waals surface area (Å²) in [5.74, 6) is -2.14. The average molecular weight is 1270 g/mol. The first-order valence-corrected chi connectivity index (χ1v) is 38.3. The molecule has 0 rings (SSSR count). The van der Waals surface area contributed by atoms with E-state index in [-0.39, 0.29) is 25.7 Å². The molecule has 17 nitrogen and oxygen atoms in total. The molecule has 0 aromatic rings. The molecule has 0 fully saturated rings. The number of phosphoric acid groups is 2. The molecule has 0 spiro atoms. The molecule has 0 aromatic heterocycles. The first kappa shape index (κ1) is 84.1. The molecule has 0 aliphatic heterocycles. The van der Waals surface area contributed by atoms with Crippen molar-refractivity contribution in [1.29, 1.82) is 0 Å². The maximum absolute atomic E-state index is 13.0. The minimum atomic E-state index is -4.94. The summed E-state index contributed by atoms with van der Waals surface area (Å²) in [7, 11) is -9.88. The van der Waals surface area contributed by atoms with Gasteiger partial charge in [-0.2, -0.15) is 0 Å². The molecule has 0 heterocycles. The van der Waals surface area contributed by atoms with Crippen LogP contribution >= 0.6 is 15.6 Å². The first-order valence-electron chi connectivity index (χ1n) is 35.3. The highest BCUT2D eigenvalue weighted by Gasteiger charge is 2.30. The Balaban J connectivity index is 5.03. The molecule has 5 atom stereocenters. The highest BCUT2D eigenvalue weighted by molar-refractivity contribution is 7.47. The Bertz CT molecular complexity index is 1650. The summed E-state index contributed by atoms with van der Waals surface area (Å²) in [5, 5.41) is 10.5. The second-order valence-corrected chi connectivity index (χ2v) is 27.1. The number of esters is 4. The van der Waals surface area contributed by atoms with E-state index < -0.39 is 97.5 Å². The number of aliphatic hydroxyl groups excluding tert-OH is 1. The van der Waals surface area contributed by atoms with E-state index in [1.807, 2.05) is 0 Å². The summed E-state index contributed by atoms with van der Waals surface area (Å²) in [6.07, 6.45) is 49.0. The van der Waals surface area contributed by atoms with Crippen LogP contribution in [0.5, 0.6) is 0 Å². The molecule has 0 amide bonds. The second kappa shape index (κ2) is 61.9.